The summed E-state index contributed by atoms with van der Waals surface area (Å²) < 4.78 is 0. The van der Waals surface area contributed by atoms with Crippen LogP contribution in [0.5, 0.6) is 0 Å². The average Bonchev–Trinajstić information content (AvgIpc) is 2.20. The van der Waals surface area contributed by atoms with Crippen molar-refractivity contribution < 1.29 is 0 Å². The molecule has 1 aromatic rings. The van der Waals surface area contributed by atoms with Crippen molar-refractivity contribution in [3.8, 4) is 0 Å². The molecular weight excluding hydrogens is 156 g/mol. The number of hydrogen-bond donors (Lipinski definition) is 0. The van der Waals surface area contributed by atoms with E-state index in [4.69, 9.17) is 0 Å². The monoisotopic (exact) mass is 171 g/mol. The highest BCUT2D eigenvalue weighted by molar-refractivity contribution is 5.68. The first-order valence-electron chi connectivity index (χ1n) is 4.94. The number of benzene rings is 1. The van der Waals surface area contributed by atoms with Gasteiger partial charge in [0.05, 0.1) is 0 Å². The SMILES string of the molecule is Cc1ccccc1C1=CC[CH]CC1. The second kappa shape index (κ2) is 3.78. The Morgan fingerprint density at radius 3 is 2.69 bits per heavy atom. The first-order valence-corrected chi connectivity index (χ1v) is 4.94. The molecule has 0 heterocycles. The molecule has 0 saturated heterocycles. The van der Waals surface area contributed by atoms with Gasteiger partial charge in [-0.25, -0.2) is 0 Å². The molecule has 1 aliphatic rings. The Morgan fingerprint density at radius 1 is 1.15 bits per heavy atom. The van der Waals surface area contributed by atoms with Crippen LogP contribution in [-0.2, 0) is 0 Å². The van der Waals surface area contributed by atoms with Crippen molar-refractivity contribution in [2.75, 3.05) is 0 Å². The molecule has 1 aliphatic carbocycles. The van der Waals surface area contributed by atoms with Gasteiger partial charge in [0, 0.05) is 0 Å². The van der Waals surface area contributed by atoms with Crippen LogP contribution in [0, 0.1) is 13.3 Å². The van der Waals surface area contributed by atoms with Gasteiger partial charge >= 0.3 is 0 Å². The summed E-state index contributed by atoms with van der Waals surface area (Å²) in [5.74, 6) is 0. The molecule has 0 aliphatic heterocycles. The van der Waals surface area contributed by atoms with Gasteiger partial charge in [-0.15, -0.1) is 0 Å². The number of hydrogen-bond acceptors (Lipinski definition) is 0. The van der Waals surface area contributed by atoms with E-state index in [0.717, 1.165) is 6.42 Å². The van der Waals surface area contributed by atoms with Crippen molar-refractivity contribution in [3.05, 3.63) is 47.9 Å². The highest BCUT2D eigenvalue weighted by atomic mass is 14.1. The van der Waals surface area contributed by atoms with Crippen molar-refractivity contribution in [2.45, 2.75) is 26.2 Å². The minimum Gasteiger partial charge on any atom is -0.0804 e. The Morgan fingerprint density at radius 2 is 2.00 bits per heavy atom. The molecule has 0 unspecified atom stereocenters. The minimum atomic E-state index is 1.14. The van der Waals surface area contributed by atoms with Gasteiger partial charge in [0.2, 0.25) is 0 Å². The first-order chi connectivity index (χ1) is 6.38. The molecule has 0 aromatic heterocycles. The molecule has 0 nitrogen and oxygen atoms in total. The summed E-state index contributed by atoms with van der Waals surface area (Å²) in [7, 11) is 0. The van der Waals surface area contributed by atoms with Crippen molar-refractivity contribution in [3.63, 3.8) is 0 Å². The van der Waals surface area contributed by atoms with E-state index in [1.807, 2.05) is 0 Å². The van der Waals surface area contributed by atoms with Gasteiger partial charge in [-0.2, -0.15) is 0 Å². The summed E-state index contributed by atoms with van der Waals surface area (Å²) in [6.45, 7) is 2.19. The Hall–Kier alpha value is -1.04. The molecule has 0 N–H and O–H groups in total. The third kappa shape index (κ3) is 1.82. The first kappa shape index (κ1) is 8.55. The van der Waals surface area contributed by atoms with Crippen LogP contribution >= 0.6 is 0 Å². The Labute approximate surface area is 80.3 Å². The molecule has 13 heavy (non-hydrogen) atoms. The van der Waals surface area contributed by atoms with E-state index in [1.165, 1.54) is 29.5 Å². The van der Waals surface area contributed by atoms with Crippen LogP contribution in [0.4, 0.5) is 0 Å². The fourth-order valence-corrected chi connectivity index (χ4v) is 1.88. The largest absolute Gasteiger partial charge is 0.0804 e. The molecule has 1 aromatic carbocycles. The van der Waals surface area contributed by atoms with E-state index in [1.54, 1.807) is 0 Å². The van der Waals surface area contributed by atoms with E-state index in [-0.39, 0.29) is 0 Å². The standard InChI is InChI=1S/C13H15/c1-11-7-5-6-10-13(11)12-8-3-2-4-9-12/h2,5-8,10H,3-4,9H2,1H3. The van der Waals surface area contributed by atoms with Gasteiger partial charge < -0.3 is 0 Å². The highest BCUT2D eigenvalue weighted by Crippen LogP contribution is 2.27. The Bertz CT molecular complexity index is 321. The summed E-state index contributed by atoms with van der Waals surface area (Å²) in [6.07, 6.45) is 8.29. The molecule has 0 bridgehead atoms. The maximum atomic E-state index is 2.35. The van der Waals surface area contributed by atoms with Gasteiger partial charge in [0.1, 0.15) is 0 Å². The lowest BCUT2D eigenvalue weighted by Gasteiger charge is -2.14. The number of aryl methyl sites for hydroxylation is 1. The fourth-order valence-electron chi connectivity index (χ4n) is 1.88. The van der Waals surface area contributed by atoms with Gasteiger partial charge in [-0.05, 0) is 49.3 Å². The summed E-state index contributed by atoms with van der Waals surface area (Å²) in [5, 5.41) is 0. The van der Waals surface area contributed by atoms with E-state index in [9.17, 15) is 0 Å². The summed E-state index contributed by atoms with van der Waals surface area (Å²) in [6, 6.07) is 8.65. The van der Waals surface area contributed by atoms with E-state index in [2.05, 4.69) is 43.7 Å². The maximum absolute atomic E-state index is 2.35. The molecule has 2 rings (SSSR count). The molecule has 0 spiro atoms. The van der Waals surface area contributed by atoms with Gasteiger partial charge in [0.25, 0.3) is 0 Å². The molecule has 0 atom stereocenters. The van der Waals surface area contributed by atoms with Gasteiger partial charge in [-0.3, -0.25) is 0 Å². The minimum absolute atomic E-state index is 1.14. The smallest absolute Gasteiger partial charge is 0.0198 e. The quantitative estimate of drug-likeness (QED) is 0.603. The second-order valence-corrected chi connectivity index (χ2v) is 3.61. The Kier molecular flexibility index (Phi) is 2.49. The lowest BCUT2D eigenvalue weighted by atomic mass is 9.91. The lowest BCUT2D eigenvalue weighted by Crippen LogP contribution is -1.94. The molecule has 1 radical (unpaired) electrons. The third-order valence-electron chi connectivity index (χ3n) is 2.64. The van der Waals surface area contributed by atoms with Gasteiger partial charge in [-0.1, -0.05) is 30.3 Å². The van der Waals surface area contributed by atoms with E-state index >= 15 is 0 Å². The maximum Gasteiger partial charge on any atom is -0.0198 e. The molecule has 0 heteroatoms. The topological polar surface area (TPSA) is 0 Å². The van der Waals surface area contributed by atoms with E-state index in [0.29, 0.717) is 0 Å². The summed E-state index contributed by atoms with van der Waals surface area (Å²) >= 11 is 0. The highest BCUT2D eigenvalue weighted by Gasteiger charge is 2.07. The van der Waals surface area contributed by atoms with Crippen LogP contribution in [0.1, 0.15) is 30.4 Å². The number of allylic oxidation sites excluding steroid dienone is 2. The summed E-state index contributed by atoms with van der Waals surface area (Å²) in [5.41, 5.74) is 4.37. The van der Waals surface area contributed by atoms with Crippen LogP contribution < -0.4 is 0 Å². The fraction of sp³-hybridized carbons (Fsp3) is 0.308. The predicted octanol–water partition coefficient (Wildman–Crippen LogP) is 3.77. The number of rotatable bonds is 1. The molecule has 0 saturated carbocycles. The van der Waals surface area contributed by atoms with Gasteiger partial charge in [0.15, 0.2) is 0 Å². The zero-order valence-corrected chi connectivity index (χ0v) is 8.09. The summed E-state index contributed by atoms with van der Waals surface area (Å²) in [4.78, 5) is 0. The van der Waals surface area contributed by atoms with Crippen LogP contribution in [0.15, 0.2) is 30.3 Å². The zero-order valence-electron chi connectivity index (χ0n) is 8.09. The molecular formula is C13H15. The molecule has 0 amide bonds. The van der Waals surface area contributed by atoms with Crippen LogP contribution in [0.25, 0.3) is 5.57 Å². The molecule has 67 valence electrons. The van der Waals surface area contributed by atoms with Crippen LogP contribution in [0.2, 0.25) is 0 Å². The van der Waals surface area contributed by atoms with Crippen molar-refractivity contribution in [2.24, 2.45) is 0 Å². The Balaban J connectivity index is 2.34. The predicted molar refractivity (Wildman–Crippen MR) is 57.3 cm³/mol. The van der Waals surface area contributed by atoms with Crippen molar-refractivity contribution >= 4 is 5.57 Å². The van der Waals surface area contributed by atoms with Crippen LogP contribution in [-0.4, -0.2) is 0 Å². The normalized spacial score (nSPS) is 16.8. The lowest BCUT2D eigenvalue weighted by molar-refractivity contribution is 0.908. The molecule has 0 fully saturated rings. The van der Waals surface area contributed by atoms with E-state index < -0.39 is 0 Å². The average molecular weight is 171 g/mol. The van der Waals surface area contributed by atoms with Crippen molar-refractivity contribution in [1.82, 2.24) is 0 Å². The second-order valence-electron chi connectivity index (χ2n) is 3.61. The zero-order chi connectivity index (χ0) is 9.10. The van der Waals surface area contributed by atoms with Crippen molar-refractivity contribution in [1.29, 1.82) is 0 Å². The van der Waals surface area contributed by atoms with Crippen LogP contribution in [0.3, 0.4) is 0 Å². The third-order valence-corrected chi connectivity index (χ3v) is 2.64.